The maximum atomic E-state index is 14.0. The van der Waals surface area contributed by atoms with Crippen LogP contribution in [0.2, 0.25) is 5.02 Å². The molecule has 0 fully saturated rings. The van der Waals surface area contributed by atoms with Gasteiger partial charge in [0.1, 0.15) is 18.0 Å². The van der Waals surface area contributed by atoms with E-state index in [4.69, 9.17) is 25.8 Å². The zero-order chi connectivity index (χ0) is 27.8. The predicted octanol–water partition coefficient (Wildman–Crippen LogP) is 6.47. The van der Waals surface area contributed by atoms with E-state index in [9.17, 15) is 31.1 Å². The van der Waals surface area contributed by atoms with Gasteiger partial charge in [0, 0.05) is 11.1 Å². The molecule has 14 heteroatoms. The van der Waals surface area contributed by atoms with Gasteiger partial charge in [-0.3, -0.25) is 9.36 Å². The van der Waals surface area contributed by atoms with Crippen molar-refractivity contribution in [3.05, 3.63) is 69.8 Å². The van der Waals surface area contributed by atoms with Crippen LogP contribution in [0.3, 0.4) is 0 Å². The first-order valence-electron chi connectivity index (χ1n) is 11.3. The lowest BCUT2D eigenvalue weighted by Gasteiger charge is -2.24. The number of esters is 1. The highest BCUT2D eigenvalue weighted by atomic mass is 35.5. The predicted molar refractivity (Wildman–Crippen MR) is 121 cm³/mol. The quantitative estimate of drug-likeness (QED) is 0.253. The van der Waals surface area contributed by atoms with Crippen LogP contribution in [-0.2, 0) is 26.6 Å². The molecular weight excluding hydrogens is 544 g/mol. The number of benzene rings is 2. The lowest BCUT2D eigenvalue weighted by Crippen LogP contribution is -2.18. The first kappa shape index (κ1) is 27.7. The minimum Gasteiger partial charge on any atom is -0.492 e. The SMILES string of the molecule is CCOC(=O)C[C@H]1O[C@H](c2cccc(OCC)c2Cl)c2cc(C(F)(F)F)ccc2-n2c1nnc2C(F)(F)F. The van der Waals surface area contributed by atoms with Crippen LogP contribution < -0.4 is 4.74 Å². The fourth-order valence-electron chi connectivity index (χ4n) is 4.12. The van der Waals surface area contributed by atoms with E-state index in [0.717, 1.165) is 6.07 Å². The lowest BCUT2D eigenvalue weighted by molar-refractivity contribution is -0.147. The van der Waals surface area contributed by atoms with E-state index in [1.54, 1.807) is 6.92 Å². The highest BCUT2D eigenvalue weighted by molar-refractivity contribution is 6.32. The summed E-state index contributed by atoms with van der Waals surface area (Å²) in [5.41, 5.74) is -1.64. The van der Waals surface area contributed by atoms with E-state index in [-0.39, 0.29) is 40.8 Å². The summed E-state index contributed by atoms with van der Waals surface area (Å²) in [6, 6.07) is 6.67. The number of hydrogen-bond acceptors (Lipinski definition) is 6. The van der Waals surface area contributed by atoms with Crippen LogP contribution in [0.5, 0.6) is 5.75 Å². The summed E-state index contributed by atoms with van der Waals surface area (Å²) < 4.78 is 100. The molecule has 1 aromatic heterocycles. The molecule has 2 aromatic carbocycles. The van der Waals surface area contributed by atoms with Crippen molar-refractivity contribution in [2.45, 2.75) is 44.8 Å². The van der Waals surface area contributed by atoms with Gasteiger partial charge in [-0.15, -0.1) is 10.2 Å². The van der Waals surface area contributed by atoms with Crippen LogP contribution in [0.25, 0.3) is 5.69 Å². The molecule has 0 aliphatic carbocycles. The molecule has 3 aromatic rings. The van der Waals surface area contributed by atoms with Gasteiger partial charge >= 0.3 is 18.3 Å². The van der Waals surface area contributed by atoms with Crippen LogP contribution in [0.4, 0.5) is 26.3 Å². The number of fused-ring (bicyclic) bond motifs is 3. The fraction of sp³-hybridized carbons (Fsp3) is 0.375. The third kappa shape index (κ3) is 5.30. The number of halogens is 7. The third-order valence-corrected chi connectivity index (χ3v) is 6.05. The number of rotatable bonds is 6. The van der Waals surface area contributed by atoms with Crippen molar-refractivity contribution in [3.8, 4) is 11.4 Å². The highest BCUT2D eigenvalue weighted by Gasteiger charge is 2.44. The molecule has 38 heavy (non-hydrogen) atoms. The molecule has 0 unspecified atom stereocenters. The lowest BCUT2D eigenvalue weighted by atomic mass is 9.97. The van der Waals surface area contributed by atoms with Crippen LogP contribution in [0, 0.1) is 0 Å². The average molecular weight is 564 g/mol. The summed E-state index contributed by atoms with van der Waals surface area (Å²) in [5.74, 6) is -2.58. The maximum absolute atomic E-state index is 14.0. The molecule has 204 valence electrons. The summed E-state index contributed by atoms with van der Waals surface area (Å²) in [6.07, 6.45) is -13.4. The van der Waals surface area contributed by atoms with E-state index in [2.05, 4.69) is 10.2 Å². The fourth-order valence-corrected chi connectivity index (χ4v) is 4.40. The summed E-state index contributed by atoms with van der Waals surface area (Å²) in [4.78, 5) is 12.4. The van der Waals surface area contributed by atoms with Gasteiger partial charge in [0.15, 0.2) is 5.82 Å². The van der Waals surface area contributed by atoms with Crippen molar-refractivity contribution in [1.29, 1.82) is 0 Å². The van der Waals surface area contributed by atoms with Crippen LogP contribution in [0.1, 0.15) is 60.8 Å². The van der Waals surface area contributed by atoms with E-state index >= 15 is 0 Å². The second kappa shape index (κ2) is 10.4. The number of aromatic nitrogens is 3. The first-order chi connectivity index (χ1) is 17.9. The zero-order valence-corrected chi connectivity index (χ0v) is 20.6. The molecule has 0 bridgehead atoms. The number of nitrogens with zero attached hydrogens (tertiary/aromatic N) is 3. The van der Waals surface area contributed by atoms with Crippen molar-refractivity contribution in [1.82, 2.24) is 14.8 Å². The van der Waals surface area contributed by atoms with Gasteiger partial charge in [0.2, 0.25) is 5.82 Å². The Kier molecular flexibility index (Phi) is 7.62. The minimum atomic E-state index is -5.04. The Hall–Kier alpha value is -3.32. The molecule has 0 saturated carbocycles. The molecule has 4 rings (SSSR count). The highest BCUT2D eigenvalue weighted by Crippen LogP contribution is 2.47. The van der Waals surface area contributed by atoms with Crippen LogP contribution in [-0.4, -0.2) is 33.9 Å². The Balaban J connectivity index is 2.02. The second-order valence-corrected chi connectivity index (χ2v) is 8.47. The molecule has 0 radical (unpaired) electrons. The Morgan fingerprint density at radius 2 is 1.76 bits per heavy atom. The molecule has 2 atom stereocenters. The smallest absolute Gasteiger partial charge is 0.452 e. The van der Waals surface area contributed by atoms with E-state index < -0.39 is 54.2 Å². The molecule has 0 N–H and O–H groups in total. The molecule has 1 aliphatic heterocycles. The van der Waals surface area contributed by atoms with Crippen LogP contribution >= 0.6 is 11.6 Å². The molecule has 1 aliphatic rings. The Morgan fingerprint density at radius 3 is 2.39 bits per heavy atom. The number of carbonyl (C=O) groups is 1. The Morgan fingerprint density at radius 1 is 1.03 bits per heavy atom. The third-order valence-electron chi connectivity index (χ3n) is 5.64. The van der Waals surface area contributed by atoms with Crippen molar-refractivity contribution < 1.29 is 45.3 Å². The largest absolute Gasteiger partial charge is 0.492 e. The average Bonchev–Trinajstić information content (AvgIpc) is 3.24. The summed E-state index contributed by atoms with van der Waals surface area (Å²) in [5, 5.41) is 6.83. The maximum Gasteiger partial charge on any atom is 0.452 e. The summed E-state index contributed by atoms with van der Waals surface area (Å²) >= 11 is 6.53. The molecule has 7 nitrogen and oxygen atoms in total. The number of alkyl halides is 6. The van der Waals surface area contributed by atoms with Gasteiger partial charge in [-0.05, 0) is 38.1 Å². The van der Waals surface area contributed by atoms with E-state index in [0.29, 0.717) is 16.7 Å². The summed E-state index contributed by atoms with van der Waals surface area (Å²) in [6.45, 7) is 3.42. The first-order valence-corrected chi connectivity index (χ1v) is 11.7. The van der Waals surface area contributed by atoms with Crippen molar-refractivity contribution in [3.63, 3.8) is 0 Å². The van der Waals surface area contributed by atoms with Crippen LogP contribution in [0.15, 0.2) is 36.4 Å². The molecule has 0 spiro atoms. The minimum absolute atomic E-state index is 0.0210. The topological polar surface area (TPSA) is 75.5 Å². The van der Waals surface area contributed by atoms with Crippen molar-refractivity contribution in [2.75, 3.05) is 13.2 Å². The summed E-state index contributed by atoms with van der Waals surface area (Å²) in [7, 11) is 0. The molecule has 0 amide bonds. The van der Waals surface area contributed by atoms with Gasteiger partial charge in [0.05, 0.1) is 35.9 Å². The van der Waals surface area contributed by atoms with Gasteiger partial charge in [0.25, 0.3) is 0 Å². The van der Waals surface area contributed by atoms with Gasteiger partial charge < -0.3 is 14.2 Å². The van der Waals surface area contributed by atoms with E-state index in [1.165, 1.54) is 25.1 Å². The number of carbonyl (C=O) groups excluding carboxylic acids is 1. The van der Waals surface area contributed by atoms with Gasteiger partial charge in [-0.2, -0.15) is 26.3 Å². The molecular formula is C24H20ClF6N3O4. The standard InChI is InChI=1S/C24H20ClF6N3O4/c1-3-36-16-7-5-6-13(19(16)25)20-14-10-12(23(26,27)28)8-9-15(14)34-21(32-33-22(34)24(29,30)31)17(38-20)11-18(35)37-4-2/h5-10,17,20H,3-4,11H2,1-2H3/t17-,20-/m1/s1. The Bertz CT molecular complexity index is 1340. The second-order valence-electron chi connectivity index (χ2n) is 8.09. The number of hydrogen-bond donors (Lipinski definition) is 0. The van der Waals surface area contributed by atoms with Gasteiger partial charge in [-0.1, -0.05) is 23.7 Å². The van der Waals surface area contributed by atoms with E-state index in [1.807, 2.05) is 0 Å². The molecule has 2 heterocycles. The van der Waals surface area contributed by atoms with Crippen molar-refractivity contribution >= 4 is 17.6 Å². The zero-order valence-electron chi connectivity index (χ0n) is 19.9. The normalized spacial score (nSPS) is 17.4. The Labute approximate surface area is 217 Å². The van der Waals surface area contributed by atoms with Gasteiger partial charge in [-0.25, -0.2) is 0 Å². The monoisotopic (exact) mass is 563 g/mol. The number of ether oxygens (including phenoxy) is 3. The molecule has 0 saturated heterocycles. The van der Waals surface area contributed by atoms with Crippen molar-refractivity contribution in [2.24, 2.45) is 0 Å².